The molecule has 2 rings (SSSR count). The van der Waals surface area contributed by atoms with E-state index in [1.807, 2.05) is 13.1 Å². The third-order valence-electron chi connectivity index (χ3n) is 2.65. The maximum atomic E-state index is 5.70. The Bertz CT molecular complexity index is 435. The van der Waals surface area contributed by atoms with Crippen LogP contribution in [-0.2, 0) is 4.74 Å². The summed E-state index contributed by atoms with van der Waals surface area (Å²) in [5.41, 5.74) is 0.948. The quantitative estimate of drug-likeness (QED) is 0.893. The van der Waals surface area contributed by atoms with Crippen LogP contribution in [0.25, 0.3) is 0 Å². The van der Waals surface area contributed by atoms with Crippen molar-refractivity contribution in [2.24, 2.45) is 0 Å². The molecule has 0 amide bonds. The van der Waals surface area contributed by atoms with E-state index in [2.05, 4.69) is 48.2 Å². The van der Waals surface area contributed by atoms with E-state index in [4.69, 9.17) is 4.74 Å². The molecule has 1 aromatic heterocycles. The molecule has 17 heavy (non-hydrogen) atoms. The summed E-state index contributed by atoms with van der Waals surface area (Å²) in [6.07, 6.45) is 6.10. The van der Waals surface area contributed by atoms with Crippen LogP contribution in [0.15, 0.2) is 33.0 Å². The van der Waals surface area contributed by atoms with Gasteiger partial charge in [-0.05, 0) is 63.9 Å². The van der Waals surface area contributed by atoms with Crippen LogP contribution in [0.3, 0.4) is 0 Å². The summed E-state index contributed by atoms with van der Waals surface area (Å²) in [5, 5.41) is 3.25. The molecule has 0 saturated carbocycles. The van der Waals surface area contributed by atoms with Crippen LogP contribution in [0.2, 0.25) is 0 Å². The first-order valence-corrected chi connectivity index (χ1v) is 7.12. The average molecular weight is 362 g/mol. The van der Waals surface area contributed by atoms with Gasteiger partial charge < -0.3 is 10.1 Å². The molecule has 0 aromatic carbocycles. The minimum Gasteiger partial charge on any atom is -0.496 e. The summed E-state index contributed by atoms with van der Waals surface area (Å²) in [4.78, 5) is 4.45. The predicted molar refractivity (Wildman–Crippen MR) is 74.7 cm³/mol. The highest BCUT2D eigenvalue weighted by Crippen LogP contribution is 2.30. The molecule has 0 saturated heterocycles. The molecule has 1 atom stereocenters. The largest absolute Gasteiger partial charge is 0.496 e. The molecular weight excluding hydrogens is 348 g/mol. The fraction of sp³-hybridized carbons (Fsp3) is 0.417. The monoisotopic (exact) mass is 360 g/mol. The van der Waals surface area contributed by atoms with Crippen molar-refractivity contribution in [2.75, 3.05) is 13.7 Å². The number of aromatic nitrogens is 1. The second kappa shape index (κ2) is 5.98. The highest BCUT2D eigenvalue weighted by Gasteiger charge is 2.21. The number of nitrogens with one attached hydrogen (secondary N) is 1. The summed E-state index contributed by atoms with van der Waals surface area (Å²) >= 11 is 6.94. The number of likely N-dealkylation sites (N-methyl/N-ethyl adjacent to an activating group) is 1. The second-order valence-electron chi connectivity index (χ2n) is 3.84. The zero-order valence-electron chi connectivity index (χ0n) is 9.54. The first-order chi connectivity index (χ1) is 8.22. The lowest BCUT2D eigenvalue weighted by Crippen LogP contribution is -2.23. The Balaban J connectivity index is 2.31. The van der Waals surface area contributed by atoms with Gasteiger partial charge in [0.15, 0.2) is 0 Å². The predicted octanol–water partition coefficient (Wildman–Crippen LogP) is 3.56. The number of rotatable bonds is 3. The summed E-state index contributed by atoms with van der Waals surface area (Å²) in [6.45, 7) is 0.790. The van der Waals surface area contributed by atoms with Crippen molar-refractivity contribution in [3.63, 3.8) is 0 Å². The molecule has 3 nitrogen and oxygen atoms in total. The van der Waals surface area contributed by atoms with Gasteiger partial charge in [0.2, 0.25) is 0 Å². The minimum absolute atomic E-state index is 0.0118. The van der Waals surface area contributed by atoms with E-state index in [0.717, 1.165) is 39.8 Å². The van der Waals surface area contributed by atoms with Crippen LogP contribution in [0.5, 0.6) is 0 Å². The molecule has 5 heteroatoms. The van der Waals surface area contributed by atoms with Gasteiger partial charge in [-0.25, -0.2) is 0 Å². The molecule has 0 aliphatic carbocycles. The molecule has 1 aromatic rings. The Morgan fingerprint density at radius 3 is 2.88 bits per heavy atom. The average Bonchev–Trinajstić information content (AvgIpc) is 2.34. The first-order valence-electron chi connectivity index (χ1n) is 5.53. The van der Waals surface area contributed by atoms with Gasteiger partial charge in [-0.2, -0.15) is 0 Å². The normalized spacial score (nSPS) is 17.2. The maximum absolute atomic E-state index is 5.70. The van der Waals surface area contributed by atoms with Crippen molar-refractivity contribution in [1.82, 2.24) is 10.3 Å². The van der Waals surface area contributed by atoms with Gasteiger partial charge in [0.05, 0.1) is 12.3 Å². The van der Waals surface area contributed by atoms with Crippen LogP contribution < -0.4 is 5.32 Å². The number of halogens is 2. The van der Waals surface area contributed by atoms with Gasteiger partial charge in [-0.1, -0.05) is 0 Å². The van der Waals surface area contributed by atoms with Crippen molar-refractivity contribution >= 4 is 31.9 Å². The molecule has 0 fully saturated rings. The molecule has 1 aliphatic heterocycles. The van der Waals surface area contributed by atoms with Gasteiger partial charge in [0, 0.05) is 15.1 Å². The number of nitrogens with zero attached hydrogens (tertiary/aromatic N) is 1. The molecule has 0 bridgehead atoms. The van der Waals surface area contributed by atoms with Gasteiger partial charge in [-0.15, -0.1) is 0 Å². The molecule has 0 radical (unpaired) electrons. The molecule has 92 valence electrons. The molecular formula is C12H14Br2N2O. The van der Waals surface area contributed by atoms with Crippen LogP contribution in [0.4, 0.5) is 0 Å². The molecule has 1 aliphatic rings. The Kier molecular flexibility index (Phi) is 4.59. The van der Waals surface area contributed by atoms with Gasteiger partial charge in [-0.3, -0.25) is 4.98 Å². The standard InChI is InChI=1S/C12H14Br2N2O/c1-15-12(10-4-2-3-5-17-10)11-9(14)6-8(13)7-16-11/h4,6-7,12,15H,2-3,5H2,1H3. The lowest BCUT2D eigenvalue weighted by atomic mass is 10.1. The highest BCUT2D eigenvalue weighted by molar-refractivity contribution is 9.11. The van der Waals surface area contributed by atoms with E-state index in [9.17, 15) is 0 Å². The summed E-state index contributed by atoms with van der Waals surface area (Å²) in [7, 11) is 1.92. The number of hydrogen-bond acceptors (Lipinski definition) is 3. The van der Waals surface area contributed by atoms with Gasteiger partial charge >= 0.3 is 0 Å². The van der Waals surface area contributed by atoms with Crippen LogP contribution in [0, 0.1) is 0 Å². The third-order valence-corrected chi connectivity index (χ3v) is 3.71. The topological polar surface area (TPSA) is 34.1 Å². The van der Waals surface area contributed by atoms with Crippen molar-refractivity contribution in [3.8, 4) is 0 Å². The van der Waals surface area contributed by atoms with Gasteiger partial charge in [0.1, 0.15) is 11.8 Å². The van der Waals surface area contributed by atoms with Crippen LogP contribution in [0.1, 0.15) is 24.6 Å². The molecule has 1 unspecified atom stereocenters. The fourth-order valence-corrected chi connectivity index (χ4v) is 3.05. The number of ether oxygens (including phenoxy) is 1. The lowest BCUT2D eigenvalue weighted by Gasteiger charge is -2.23. The third kappa shape index (κ3) is 3.09. The van der Waals surface area contributed by atoms with Crippen molar-refractivity contribution in [3.05, 3.63) is 38.7 Å². The van der Waals surface area contributed by atoms with Crippen LogP contribution >= 0.6 is 31.9 Å². The summed E-state index contributed by atoms with van der Waals surface area (Å²) < 4.78 is 7.63. The van der Waals surface area contributed by atoms with E-state index in [0.29, 0.717) is 0 Å². The Morgan fingerprint density at radius 2 is 2.29 bits per heavy atom. The minimum atomic E-state index is 0.0118. The van der Waals surface area contributed by atoms with Gasteiger partial charge in [0.25, 0.3) is 0 Å². The van der Waals surface area contributed by atoms with Crippen LogP contribution in [-0.4, -0.2) is 18.6 Å². The van der Waals surface area contributed by atoms with Crippen molar-refractivity contribution < 1.29 is 4.74 Å². The van der Waals surface area contributed by atoms with E-state index >= 15 is 0 Å². The van der Waals surface area contributed by atoms with Crippen molar-refractivity contribution in [2.45, 2.75) is 18.9 Å². The van der Waals surface area contributed by atoms with E-state index in [-0.39, 0.29) is 6.04 Å². The Morgan fingerprint density at radius 1 is 1.47 bits per heavy atom. The SMILES string of the molecule is CNC(C1=CCCCO1)c1ncc(Br)cc1Br. The Hall–Kier alpha value is -0.390. The zero-order valence-corrected chi connectivity index (χ0v) is 12.7. The zero-order chi connectivity index (χ0) is 12.3. The van der Waals surface area contributed by atoms with Crippen molar-refractivity contribution in [1.29, 1.82) is 0 Å². The van der Waals surface area contributed by atoms with E-state index < -0.39 is 0 Å². The molecule has 2 heterocycles. The lowest BCUT2D eigenvalue weighted by molar-refractivity contribution is 0.168. The summed E-state index contributed by atoms with van der Waals surface area (Å²) in [5.74, 6) is 0.967. The maximum Gasteiger partial charge on any atom is 0.115 e. The Labute approximate surface area is 118 Å². The van der Waals surface area contributed by atoms with E-state index in [1.54, 1.807) is 6.20 Å². The molecule has 1 N–H and O–H groups in total. The fourth-order valence-electron chi connectivity index (χ4n) is 1.83. The smallest absolute Gasteiger partial charge is 0.115 e. The second-order valence-corrected chi connectivity index (χ2v) is 5.61. The number of allylic oxidation sites excluding steroid dienone is 1. The number of pyridine rings is 1. The highest BCUT2D eigenvalue weighted by atomic mass is 79.9. The molecule has 0 spiro atoms. The number of hydrogen-bond donors (Lipinski definition) is 1. The summed E-state index contributed by atoms with van der Waals surface area (Å²) in [6, 6.07) is 2.01. The first kappa shape index (κ1) is 13.1. The van der Waals surface area contributed by atoms with E-state index in [1.165, 1.54) is 0 Å².